The first-order valence-electron chi connectivity index (χ1n) is 6.34. The summed E-state index contributed by atoms with van der Waals surface area (Å²) < 4.78 is 13.4. The second kappa shape index (κ2) is 5.61. The molecule has 2 N–H and O–H groups in total. The Morgan fingerprint density at radius 1 is 1.41 bits per heavy atom. The molecule has 3 unspecified atom stereocenters. The third kappa shape index (κ3) is 3.05. The van der Waals surface area contributed by atoms with Gasteiger partial charge in [-0.15, -0.1) is 0 Å². The van der Waals surface area contributed by atoms with Crippen LogP contribution < -0.4 is 5.32 Å². The van der Waals surface area contributed by atoms with E-state index in [4.69, 9.17) is 0 Å². The van der Waals surface area contributed by atoms with Crippen molar-refractivity contribution >= 4 is 0 Å². The number of aliphatic hydroxyl groups is 1. The van der Waals surface area contributed by atoms with Crippen molar-refractivity contribution in [2.45, 2.75) is 38.3 Å². The standard InChI is InChI=1S/C14H20FNO/c1-10-5-4-8-13(10)16-9-14(17)11-6-2-3-7-12(11)15/h2-3,6-7,10,13-14,16-17H,4-5,8-9H2,1H3. The van der Waals surface area contributed by atoms with Crippen LogP contribution in [-0.4, -0.2) is 17.7 Å². The van der Waals surface area contributed by atoms with Crippen molar-refractivity contribution in [2.24, 2.45) is 5.92 Å². The second-order valence-corrected chi connectivity index (χ2v) is 4.96. The molecule has 3 heteroatoms. The minimum Gasteiger partial charge on any atom is -0.387 e. The molecule has 2 rings (SSSR count). The predicted molar refractivity (Wildman–Crippen MR) is 66.2 cm³/mol. The fraction of sp³-hybridized carbons (Fsp3) is 0.571. The van der Waals surface area contributed by atoms with Gasteiger partial charge in [-0.05, 0) is 24.8 Å². The van der Waals surface area contributed by atoms with Crippen molar-refractivity contribution < 1.29 is 9.50 Å². The zero-order valence-corrected chi connectivity index (χ0v) is 10.2. The molecule has 3 atom stereocenters. The molecule has 0 aliphatic heterocycles. The average Bonchev–Trinajstić information content (AvgIpc) is 2.72. The van der Waals surface area contributed by atoms with Gasteiger partial charge in [-0.3, -0.25) is 0 Å². The molecule has 0 saturated heterocycles. The molecule has 1 aromatic rings. The van der Waals surface area contributed by atoms with Crippen molar-refractivity contribution in [3.8, 4) is 0 Å². The van der Waals surface area contributed by atoms with Crippen LogP contribution in [0.15, 0.2) is 24.3 Å². The summed E-state index contributed by atoms with van der Waals surface area (Å²) in [6, 6.07) is 6.88. The van der Waals surface area contributed by atoms with Crippen molar-refractivity contribution in [2.75, 3.05) is 6.54 Å². The van der Waals surface area contributed by atoms with Gasteiger partial charge in [-0.2, -0.15) is 0 Å². The molecule has 0 radical (unpaired) electrons. The van der Waals surface area contributed by atoms with Crippen LogP contribution in [0.3, 0.4) is 0 Å². The van der Waals surface area contributed by atoms with Crippen LogP contribution >= 0.6 is 0 Å². The zero-order chi connectivity index (χ0) is 12.3. The van der Waals surface area contributed by atoms with Gasteiger partial charge in [0.1, 0.15) is 5.82 Å². The Morgan fingerprint density at radius 3 is 2.82 bits per heavy atom. The predicted octanol–water partition coefficient (Wildman–Crippen LogP) is 2.64. The first kappa shape index (κ1) is 12.5. The van der Waals surface area contributed by atoms with E-state index in [0.29, 0.717) is 24.1 Å². The van der Waals surface area contributed by atoms with Gasteiger partial charge in [0, 0.05) is 18.2 Å². The monoisotopic (exact) mass is 237 g/mol. The highest BCUT2D eigenvalue weighted by Crippen LogP contribution is 2.25. The summed E-state index contributed by atoms with van der Waals surface area (Å²) in [6.45, 7) is 2.65. The molecule has 1 saturated carbocycles. The van der Waals surface area contributed by atoms with Gasteiger partial charge in [0.05, 0.1) is 6.10 Å². The van der Waals surface area contributed by atoms with Gasteiger partial charge in [0.15, 0.2) is 0 Å². The fourth-order valence-corrected chi connectivity index (χ4v) is 2.57. The van der Waals surface area contributed by atoms with Crippen molar-refractivity contribution in [1.82, 2.24) is 5.32 Å². The fourth-order valence-electron chi connectivity index (χ4n) is 2.57. The highest BCUT2D eigenvalue weighted by molar-refractivity contribution is 5.20. The third-order valence-corrected chi connectivity index (χ3v) is 3.70. The second-order valence-electron chi connectivity index (χ2n) is 4.96. The lowest BCUT2D eigenvalue weighted by atomic mass is 10.0. The molecule has 0 bridgehead atoms. The first-order valence-corrected chi connectivity index (χ1v) is 6.34. The molecule has 17 heavy (non-hydrogen) atoms. The van der Waals surface area contributed by atoms with Crippen LogP contribution in [-0.2, 0) is 0 Å². The lowest BCUT2D eigenvalue weighted by Gasteiger charge is -2.20. The molecule has 1 aliphatic rings. The highest BCUT2D eigenvalue weighted by Gasteiger charge is 2.23. The zero-order valence-electron chi connectivity index (χ0n) is 10.2. The number of benzene rings is 1. The topological polar surface area (TPSA) is 32.3 Å². The normalized spacial score (nSPS) is 26.1. The maximum Gasteiger partial charge on any atom is 0.129 e. The molecular formula is C14H20FNO. The minimum atomic E-state index is -0.760. The molecule has 0 heterocycles. The summed E-state index contributed by atoms with van der Waals surface area (Å²) in [7, 11) is 0. The van der Waals surface area contributed by atoms with Gasteiger partial charge >= 0.3 is 0 Å². The van der Waals surface area contributed by atoms with E-state index in [1.54, 1.807) is 18.2 Å². The maximum absolute atomic E-state index is 13.4. The summed E-state index contributed by atoms with van der Waals surface area (Å²) >= 11 is 0. The lowest BCUT2D eigenvalue weighted by Crippen LogP contribution is -2.34. The van der Waals surface area contributed by atoms with E-state index in [2.05, 4.69) is 12.2 Å². The van der Waals surface area contributed by atoms with Crippen molar-refractivity contribution in [3.05, 3.63) is 35.6 Å². The Kier molecular flexibility index (Phi) is 4.13. The molecule has 0 aromatic heterocycles. The van der Waals surface area contributed by atoms with Crippen LogP contribution in [0.5, 0.6) is 0 Å². The van der Waals surface area contributed by atoms with E-state index < -0.39 is 6.10 Å². The summed E-state index contributed by atoms with van der Waals surface area (Å²) in [6.07, 6.45) is 2.89. The molecule has 2 nitrogen and oxygen atoms in total. The number of aliphatic hydroxyl groups excluding tert-OH is 1. The molecule has 1 aliphatic carbocycles. The van der Waals surface area contributed by atoms with E-state index in [1.165, 1.54) is 18.9 Å². The number of rotatable bonds is 4. The molecule has 1 aromatic carbocycles. The number of hydrogen-bond acceptors (Lipinski definition) is 2. The number of halogens is 1. The van der Waals surface area contributed by atoms with Gasteiger partial charge < -0.3 is 10.4 Å². The van der Waals surface area contributed by atoms with Crippen LogP contribution in [0.25, 0.3) is 0 Å². The highest BCUT2D eigenvalue weighted by atomic mass is 19.1. The smallest absolute Gasteiger partial charge is 0.129 e. The molecular weight excluding hydrogens is 217 g/mol. The molecule has 0 amide bonds. The summed E-state index contributed by atoms with van der Waals surface area (Å²) in [5.74, 6) is 0.323. The molecule has 0 spiro atoms. The van der Waals surface area contributed by atoms with Crippen LogP contribution in [0.1, 0.15) is 37.9 Å². The number of hydrogen-bond donors (Lipinski definition) is 2. The minimum absolute atomic E-state index is 0.332. The van der Waals surface area contributed by atoms with E-state index >= 15 is 0 Å². The Bertz CT molecular complexity index is 369. The van der Waals surface area contributed by atoms with E-state index in [1.807, 2.05) is 0 Å². The average molecular weight is 237 g/mol. The van der Waals surface area contributed by atoms with E-state index in [0.717, 1.165) is 6.42 Å². The summed E-state index contributed by atoms with van der Waals surface area (Å²) in [5.41, 5.74) is 0.380. The summed E-state index contributed by atoms with van der Waals surface area (Å²) in [4.78, 5) is 0. The SMILES string of the molecule is CC1CCCC1NCC(O)c1ccccc1F. The Balaban J connectivity index is 1.89. The lowest BCUT2D eigenvalue weighted by molar-refractivity contribution is 0.162. The Labute approximate surface area is 102 Å². The summed E-state index contributed by atoms with van der Waals surface area (Å²) in [5, 5.41) is 13.3. The van der Waals surface area contributed by atoms with Crippen LogP contribution in [0, 0.1) is 11.7 Å². The van der Waals surface area contributed by atoms with Gasteiger partial charge in [0.2, 0.25) is 0 Å². The van der Waals surface area contributed by atoms with Crippen molar-refractivity contribution in [1.29, 1.82) is 0 Å². The van der Waals surface area contributed by atoms with Gasteiger partial charge in [-0.25, -0.2) is 4.39 Å². The maximum atomic E-state index is 13.4. The van der Waals surface area contributed by atoms with Gasteiger partial charge in [-0.1, -0.05) is 31.5 Å². The van der Waals surface area contributed by atoms with Crippen LogP contribution in [0.4, 0.5) is 4.39 Å². The van der Waals surface area contributed by atoms with Gasteiger partial charge in [0.25, 0.3) is 0 Å². The van der Waals surface area contributed by atoms with Crippen molar-refractivity contribution in [3.63, 3.8) is 0 Å². The quantitative estimate of drug-likeness (QED) is 0.843. The molecule has 94 valence electrons. The van der Waals surface area contributed by atoms with Crippen LogP contribution in [0.2, 0.25) is 0 Å². The van der Waals surface area contributed by atoms with E-state index in [-0.39, 0.29) is 5.82 Å². The number of nitrogens with one attached hydrogen (secondary N) is 1. The molecule has 1 fully saturated rings. The first-order chi connectivity index (χ1) is 8.18. The third-order valence-electron chi connectivity index (χ3n) is 3.70. The Hall–Kier alpha value is -0.930. The largest absolute Gasteiger partial charge is 0.387 e. The Morgan fingerprint density at radius 2 is 2.18 bits per heavy atom. The van der Waals surface area contributed by atoms with E-state index in [9.17, 15) is 9.50 Å².